The zero-order valence-corrected chi connectivity index (χ0v) is 4.58. The molecule has 0 radical (unpaired) electrons. The quantitative estimate of drug-likeness (QED) is 0.494. The Labute approximate surface area is 52.8 Å². The van der Waals surface area contributed by atoms with E-state index in [2.05, 4.69) is 4.74 Å². The summed E-state index contributed by atoms with van der Waals surface area (Å²) in [6.07, 6.45) is -9.08. The van der Waals surface area contributed by atoms with Crippen LogP contribution < -0.4 is 0 Å². The third kappa shape index (κ3) is 1.21. The standard InChI is InChI=1S/C4H3F5O/c5-2-3(6,7)1-4(8,9)10-2/h2H,1H2. The van der Waals surface area contributed by atoms with Crippen LogP contribution in [0, 0.1) is 0 Å². The zero-order valence-electron chi connectivity index (χ0n) is 4.58. The molecule has 60 valence electrons. The molecule has 6 heteroatoms. The smallest absolute Gasteiger partial charge is 0.279 e. The predicted molar refractivity (Wildman–Crippen MR) is 20.5 cm³/mol. The van der Waals surface area contributed by atoms with Crippen molar-refractivity contribution in [3.8, 4) is 0 Å². The minimum absolute atomic E-state index is 1.87. The van der Waals surface area contributed by atoms with E-state index in [1.54, 1.807) is 0 Å². The molecule has 0 spiro atoms. The van der Waals surface area contributed by atoms with Crippen LogP contribution in [0.25, 0.3) is 0 Å². The summed E-state index contributed by atoms with van der Waals surface area (Å²) in [6, 6.07) is 0. The van der Waals surface area contributed by atoms with Gasteiger partial charge in [0.1, 0.15) is 6.42 Å². The second-order valence-corrected chi connectivity index (χ2v) is 2.01. The van der Waals surface area contributed by atoms with Gasteiger partial charge in [0, 0.05) is 0 Å². The van der Waals surface area contributed by atoms with Crippen LogP contribution in [0.3, 0.4) is 0 Å². The molecule has 1 atom stereocenters. The molecule has 0 N–H and O–H groups in total. The maximum atomic E-state index is 11.9. The molecule has 1 nitrogen and oxygen atoms in total. The van der Waals surface area contributed by atoms with Gasteiger partial charge in [-0.25, -0.2) is 13.2 Å². The van der Waals surface area contributed by atoms with E-state index in [4.69, 9.17) is 0 Å². The van der Waals surface area contributed by atoms with Crippen molar-refractivity contribution >= 4 is 0 Å². The second-order valence-electron chi connectivity index (χ2n) is 2.01. The van der Waals surface area contributed by atoms with Crippen LogP contribution in [-0.2, 0) is 4.74 Å². The van der Waals surface area contributed by atoms with E-state index in [-0.39, 0.29) is 0 Å². The fourth-order valence-electron chi connectivity index (χ4n) is 0.634. The van der Waals surface area contributed by atoms with E-state index in [1.165, 1.54) is 0 Å². The fourth-order valence-corrected chi connectivity index (χ4v) is 0.634. The largest absolute Gasteiger partial charge is 0.364 e. The molecule has 1 saturated heterocycles. The van der Waals surface area contributed by atoms with E-state index >= 15 is 0 Å². The Hall–Kier alpha value is -0.390. The average molecular weight is 162 g/mol. The molecule has 1 rings (SSSR count). The summed E-state index contributed by atoms with van der Waals surface area (Å²) in [5.41, 5.74) is 0. The van der Waals surface area contributed by atoms with E-state index in [1.807, 2.05) is 0 Å². The first kappa shape index (κ1) is 7.71. The molecular weight excluding hydrogens is 159 g/mol. The predicted octanol–water partition coefficient (Wildman–Crippen LogP) is 1.93. The van der Waals surface area contributed by atoms with E-state index in [0.29, 0.717) is 0 Å². The molecular formula is C4H3F5O. The van der Waals surface area contributed by atoms with Gasteiger partial charge in [0.15, 0.2) is 0 Å². The van der Waals surface area contributed by atoms with Crippen LogP contribution >= 0.6 is 0 Å². The van der Waals surface area contributed by atoms with Gasteiger partial charge >= 0.3 is 12.0 Å². The Morgan fingerprint density at radius 3 is 1.80 bits per heavy atom. The lowest BCUT2D eigenvalue weighted by Crippen LogP contribution is -2.23. The molecule has 0 aromatic carbocycles. The highest BCUT2D eigenvalue weighted by Gasteiger charge is 2.60. The van der Waals surface area contributed by atoms with Crippen LogP contribution in [0.5, 0.6) is 0 Å². The fraction of sp³-hybridized carbons (Fsp3) is 1.00. The highest BCUT2D eigenvalue weighted by Crippen LogP contribution is 2.44. The zero-order chi connectivity index (χ0) is 7.99. The first-order valence-electron chi connectivity index (χ1n) is 2.41. The summed E-state index contributed by atoms with van der Waals surface area (Å²) < 4.78 is 62.0. The molecule has 0 aliphatic carbocycles. The van der Waals surface area contributed by atoms with Crippen molar-refractivity contribution in [1.29, 1.82) is 0 Å². The third-order valence-corrected chi connectivity index (χ3v) is 1.05. The number of hydrogen-bond donors (Lipinski definition) is 0. The van der Waals surface area contributed by atoms with Gasteiger partial charge in [-0.1, -0.05) is 0 Å². The molecule has 1 aliphatic heterocycles. The van der Waals surface area contributed by atoms with Crippen molar-refractivity contribution in [1.82, 2.24) is 0 Å². The van der Waals surface area contributed by atoms with E-state index < -0.39 is 24.8 Å². The van der Waals surface area contributed by atoms with Crippen molar-refractivity contribution in [2.45, 2.75) is 24.8 Å². The highest BCUT2D eigenvalue weighted by molar-refractivity contribution is 4.82. The average Bonchev–Trinajstić information content (AvgIpc) is 1.73. The van der Waals surface area contributed by atoms with Crippen molar-refractivity contribution < 1.29 is 26.7 Å². The van der Waals surface area contributed by atoms with E-state index in [9.17, 15) is 22.0 Å². The van der Waals surface area contributed by atoms with Crippen LogP contribution in [0.2, 0.25) is 0 Å². The normalized spacial score (nSPS) is 36.3. The first-order valence-corrected chi connectivity index (χ1v) is 2.41. The first-order chi connectivity index (χ1) is 4.33. The second kappa shape index (κ2) is 1.81. The maximum absolute atomic E-state index is 11.9. The van der Waals surface area contributed by atoms with Crippen molar-refractivity contribution in [3.05, 3.63) is 0 Å². The monoisotopic (exact) mass is 162 g/mol. The van der Waals surface area contributed by atoms with Crippen molar-refractivity contribution in [2.24, 2.45) is 0 Å². The maximum Gasteiger partial charge on any atom is 0.364 e. The highest BCUT2D eigenvalue weighted by atomic mass is 19.3. The summed E-state index contributed by atoms with van der Waals surface area (Å²) in [7, 11) is 0. The lowest BCUT2D eigenvalue weighted by atomic mass is 10.3. The Morgan fingerprint density at radius 1 is 1.20 bits per heavy atom. The van der Waals surface area contributed by atoms with Gasteiger partial charge in [0.25, 0.3) is 6.36 Å². The Kier molecular flexibility index (Phi) is 1.39. The van der Waals surface area contributed by atoms with Crippen LogP contribution in [0.4, 0.5) is 22.0 Å². The molecule has 1 unspecified atom stereocenters. The van der Waals surface area contributed by atoms with Gasteiger partial charge in [0.2, 0.25) is 0 Å². The summed E-state index contributed by atoms with van der Waals surface area (Å²) in [5.74, 6) is -4.05. The molecule has 0 aromatic rings. The molecule has 0 saturated carbocycles. The van der Waals surface area contributed by atoms with Crippen LogP contribution in [-0.4, -0.2) is 18.4 Å². The number of ether oxygens (including phenoxy) is 1. The molecule has 0 amide bonds. The molecule has 10 heavy (non-hydrogen) atoms. The minimum Gasteiger partial charge on any atom is -0.279 e. The molecule has 1 heterocycles. The van der Waals surface area contributed by atoms with Gasteiger partial charge in [-0.05, 0) is 0 Å². The molecule has 0 bridgehead atoms. The minimum atomic E-state index is -4.05. The van der Waals surface area contributed by atoms with Gasteiger partial charge in [-0.15, -0.1) is 0 Å². The van der Waals surface area contributed by atoms with Crippen molar-refractivity contribution in [2.75, 3.05) is 0 Å². The SMILES string of the molecule is FC1OC(F)(F)CC1(F)F. The number of hydrogen-bond acceptors (Lipinski definition) is 1. The number of rotatable bonds is 0. The Morgan fingerprint density at radius 2 is 1.70 bits per heavy atom. The lowest BCUT2D eigenvalue weighted by Gasteiger charge is -2.05. The molecule has 0 aromatic heterocycles. The van der Waals surface area contributed by atoms with Gasteiger partial charge < -0.3 is 0 Å². The summed E-state index contributed by atoms with van der Waals surface area (Å²) in [5, 5.41) is 0. The van der Waals surface area contributed by atoms with Gasteiger partial charge in [-0.2, -0.15) is 8.78 Å². The summed E-state index contributed by atoms with van der Waals surface area (Å²) in [6.45, 7) is 0. The summed E-state index contributed by atoms with van der Waals surface area (Å²) >= 11 is 0. The van der Waals surface area contributed by atoms with Crippen LogP contribution in [0.1, 0.15) is 6.42 Å². The Bertz CT molecular complexity index is 145. The third-order valence-electron chi connectivity index (χ3n) is 1.05. The lowest BCUT2D eigenvalue weighted by molar-refractivity contribution is -0.253. The topological polar surface area (TPSA) is 9.23 Å². The van der Waals surface area contributed by atoms with Crippen LogP contribution in [0.15, 0.2) is 0 Å². The van der Waals surface area contributed by atoms with Crippen molar-refractivity contribution in [3.63, 3.8) is 0 Å². The molecule has 1 fully saturated rings. The van der Waals surface area contributed by atoms with Gasteiger partial charge in [0.05, 0.1) is 0 Å². The van der Waals surface area contributed by atoms with E-state index in [0.717, 1.165) is 0 Å². The summed E-state index contributed by atoms with van der Waals surface area (Å²) in [4.78, 5) is 0. The molecule has 1 aliphatic rings. The number of halogens is 5. The Balaban J connectivity index is 2.71. The van der Waals surface area contributed by atoms with Gasteiger partial charge in [-0.3, -0.25) is 4.74 Å². The number of alkyl halides is 5.